The average Bonchev–Trinajstić information content (AvgIpc) is 2.84. The Hall–Kier alpha value is -1.14. The van der Waals surface area contributed by atoms with Gasteiger partial charge in [0.25, 0.3) is 11.1 Å². The van der Waals surface area contributed by atoms with E-state index in [1.54, 1.807) is 25.3 Å². The van der Waals surface area contributed by atoms with Crippen LogP contribution in [-0.2, 0) is 11.3 Å². The molecule has 134 valence electrons. The number of carbonyl (C=O) groups is 2. The third-order valence-corrected chi connectivity index (χ3v) is 5.99. The zero-order valence-electron chi connectivity index (χ0n) is 13.5. The minimum absolute atomic E-state index is 0.114. The van der Waals surface area contributed by atoms with Crippen molar-refractivity contribution in [3.8, 4) is 5.75 Å². The van der Waals surface area contributed by atoms with E-state index in [-0.39, 0.29) is 23.5 Å². The van der Waals surface area contributed by atoms with Crippen molar-refractivity contribution in [3.05, 3.63) is 65.4 Å². The van der Waals surface area contributed by atoms with Crippen molar-refractivity contribution in [2.24, 2.45) is 0 Å². The molecular formula is C18H12FI2NO3S. The summed E-state index contributed by atoms with van der Waals surface area (Å²) in [4.78, 5) is 26.4. The fraction of sp³-hybridized carbons (Fsp3) is 0.111. The van der Waals surface area contributed by atoms with E-state index in [9.17, 15) is 14.0 Å². The molecule has 0 N–H and O–H groups in total. The number of amides is 2. The Balaban J connectivity index is 1.89. The van der Waals surface area contributed by atoms with E-state index in [1.807, 2.05) is 12.1 Å². The van der Waals surface area contributed by atoms with Gasteiger partial charge >= 0.3 is 0 Å². The molecule has 2 aromatic carbocycles. The topological polar surface area (TPSA) is 46.6 Å². The van der Waals surface area contributed by atoms with Crippen LogP contribution in [0.2, 0.25) is 0 Å². The molecule has 1 heterocycles. The molecule has 0 saturated carbocycles. The molecule has 0 spiro atoms. The Morgan fingerprint density at radius 2 is 1.88 bits per heavy atom. The van der Waals surface area contributed by atoms with Crippen molar-refractivity contribution < 1.29 is 18.7 Å². The molecule has 3 rings (SSSR count). The molecule has 1 aliphatic rings. The number of methoxy groups -OCH3 is 1. The SMILES string of the molecule is COc1c(I)cc(I)cc1/C=C1\SC(=O)N(Cc2ccc(F)cc2)C1=O. The number of ether oxygens (including phenoxy) is 1. The van der Waals surface area contributed by atoms with Crippen LogP contribution in [0.15, 0.2) is 41.3 Å². The maximum absolute atomic E-state index is 13.0. The van der Waals surface area contributed by atoms with Gasteiger partial charge in [0.05, 0.1) is 22.1 Å². The Morgan fingerprint density at radius 3 is 2.54 bits per heavy atom. The first kappa shape index (κ1) is 19.6. The molecule has 1 fully saturated rings. The second-order valence-electron chi connectivity index (χ2n) is 5.40. The molecule has 26 heavy (non-hydrogen) atoms. The van der Waals surface area contributed by atoms with E-state index < -0.39 is 0 Å². The Morgan fingerprint density at radius 1 is 1.19 bits per heavy atom. The number of halogens is 3. The number of imide groups is 1. The Bertz CT molecular complexity index is 915. The first-order chi connectivity index (χ1) is 12.4. The molecule has 0 unspecified atom stereocenters. The highest BCUT2D eigenvalue weighted by Gasteiger charge is 2.35. The Labute approximate surface area is 181 Å². The molecule has 1 aliphatic heterocycles. The lowest BCUT2D eigenvalue weighted by atomic mass is 10.1. The zero-order valence-corrected chi connectivity index (χ0v) is 18.6. The van der Waals surface area contributed by atoms with Crippen LogP contribution in [0, 0.1) is 13.0 Å². The van der Waals surface area contributed by atoms with Crippen molar-refractivity contribution in [1.82, 2.24) is 4.90 Å². The summed E-state index contributed by atoms with van der Waals surface area (Å²) < 4.78 is 20.4. The van der Waals surface area contributed by atoms with Gasteiger partial charge in [-0.05, 0) is 92.8 Å². The number of nitrogens with zero attached hydrogens (tertiary/aromatic N) is 1. The van der Waals surface area contributed by atoms with E-state index in [4.69, 9.17) is 4.74 Å². The molecular weight excluding hydrogens is 583 g/mol. The van der Waals surface area contributed by atoms with E-state index in [1.165, 1.54) is 12.1 Å². The van der Waals surface area contributed by atoms with Gasteiger partial charge in [0, 0.05) is 9.13 Å². The van der Waals surface area contributed by atoms with Gasteiger partial charge in [-0.15, -0.1) is 0 Å². The van der Waals surface area contributed by atoms with Crippen molar-refractivity contribution in [2.75, 3.05) is 7.11 Å². The van der Waals surface area contributed by atoms with Crippen LogP contribution >= 0.6 is 56.9 Å². The predicted octanol–water partition coefficient (Wildman–Crippen LogP) is 5.28. The van der Waals surface area contributed by atoms with Crippen LogP contribution in [0.1, 0.15) is 11.1 Å². The number of thioether (sulfide) groups is 1. The van der Waals surface area contributed by atoms with Gasteiger partial charge in [-0.25, -0.2) is 4.39 Å². The molecule has 0 aromatic heterocycles. The lowest BCUT2D eigenvalue weighted by Crippen LogP contribution is -2.27. The zero-order chi connectivity index (χ0) is 18.8. The van der Waals surface area contributed by atoms with Crippen LogP contribution in [-0.4, -0.2) is 23.2 Å². The van der Waals surface area contributed by atoms with Gasteiger partial charge in [0.1, 0.15) is 11.6 Å². The molecule has 1 saturated heterocycles. The lowest BCUT2D eigenvalue weighted by molar-refractivity contribution is -0.123. The maximum atomic E-state index is 13.0. The number of hydrogen-bond donors (Lipinski definition) is 0. The highest BCUT2D eigenvalue weighted by molar-refractivity contribution is 14.1. The summed E-state index contributed by atoms with van der Waals surface area (Å²) >= 11 is 5.26. The van der Waals surface area contributed by atoms with Crippen LogP contribution in [0.4, 0.5) is 9.18 Å². The third kappa shape index (κ3) is 4.22. The fourth-order valence-corrected chi connectivity index (χ4v) is 5.39. The van der Waals surface area contributed by atoms with E-state index in [0.29, 0.717) is 16.2 Å². The van der Waals surface area contributed by atoms with E-state index in [2.05, 4.69) is 45.2 Å². The quantitative estimate of drug-likeness (QED) is 0.357. The Kier molecular flexibility index (Phi) is 6.23. The van der Waals surface area contributed by atoms with Crippen molar-refractivity contribution in [2.45, 2.75) is 6.54 Å². The van der Waals surface area contributed by atoms with Gasteiger partial charge in [-0.2, -0.15) is 0 Å². The van der Waals surface area contributed by atoms with Crippen molar-refractivity contribution in [1.29, 1.82) is 0 Å². The minimum Gasteiger partial charge on any atom is -0.495 e. The maximum Gasteiger partial charge on any atom is 0.293 e. The molecule has 0 bridgehead atoms. The smallest absolute Gasteiger partial charge is 0.293 e. The second-order valence-corrected chi connectivity index (χ2v) is 8.81. The van der Waals surface area contributed by atoms with Crippen LogP contribution < -0.4 is 4.74 Å². The summed E-state index contributed by atoms with van der Waals surface area (Å²) in [5.41, 5.74) is 1.44. The summed E-state index contributed by atoms with van der Waals surface area (Å²) in [6.45, 7) is 0.114. The normalized spacial score (nSPS) is 15.8. The van der Waals surface area contributed by atoms with Gasteiger partial charge in [-0.1, -0.05) is 12.1 Å². The van der Waals surface area contributed by atoms with Crippen LogP contribution in [0.5, 0.6) is 5.75 Å². The largest absolute Gasteiger partial charge is 0.495 e. The number of benzene rings is 2. The summed E-state index contributed by atoms with van der Waals surface area (Å²) in [6.07, 6.45) is 1.68. The standard InChI is InChI=1S/C18H12FI2NO3S/c1-25-16-11(6-13(20)8-14(16)21)7-15-17(23)22(18(24)26-15)9-10-2-4-12(19)5-3-10/h2-8H,9H2,1H3/b15-7-. The minimum atomic E-state index is -0.361. The van der Waals surface area contributed by atoms with Crippen molar-refractivity contribution in [3.63, 3.8) is 0 Å². The van der Waals surface area contributed by atoms with Crippen LogP contribution in [0.25, 0.3) is 6.08 Å². The molecule has 0 aliphatic carbocycles. The molecule has 0 atom stereocenters. The fourth-order valence-electron chi connectivity index (χ4n) is 2.45. The van der Waals surface area contributed by atoms with Gasteiger partial charge in [-0.3, -0.25) is 14.5 Å². The van der Waals surface area contributed by atoms with E-state index in [0.717, 1.165) is 29.4 Å². The van der Waals surface area contributed by atoms with Crippen LogP contribution in [0.3, 0.4) is 0 Å². The summed E-state index contributed by atoms with van der Waals surface area (Å²) in [6, 6.07) is 9.61. The number of carbonyl (C=O) groups excluding carboxylic acids is 2. The summed E-state index contributed by atoms with van der Waals surface area (Å²) in [5.74, 6) is -0.0558. The van der Waals surface area contributed by atoms with Gasteiger partial charge < -0.3 is 4.74 Å². The molecule has 2 aromatic rings. The molecule has 2 amide bonds. The second kappa shape index (κ2) is 8.26. The monoisotopic (exact) mass is 595 g/mol. The first-order valence-electron chi connectivity index (χ1n) is 7.42. The first-order valence-corrected chi connectivity index (χ1v) is 10.4. The molecule has 0 radical (unpaired) electrons. The van der Waals surface area contributed by atoms with Crippen molar-refractivity contribution >= 4 is 74.2 Å². The highest BCUT2D eigenvalue weighted by Crippen LogP contribution is 2.36. The predicted molar refractivity (Wildman–Crippen MR) is 116 cm³/mol. The van der Waals surface area contributed by atoms with Gasteiger partial charge in [0.2, 0.25) is 0 Å². The molecule has 8 heteroatoms. The number of rotatable bonds is 4. The summed E-state index contributed by atoms with van der Waals surface area (Å²) in [7, 11) is 1.57. The van der Waals surface area contributed by atoms with Gasteiger partial charge in [0.15, 0.2) is 0 Å². The average molecular weight is 595 g/mol. The summed E-state index contributed by atoms with van der Waals surface area (Å²) in [5, 5.41) is -0.343. The lowest BCUT2D eigenvalue weighted by Gasteiger charge is -2.12. The van der Waals surface area contributed by atoms with E-state index >= 15 is 0 Å². The molecule has 4 nitrogen and oxygen atoms in total. The number of hydrogen-bond acceptors (Lipinski definition) is 4. The highest BCUT2D eigenvalue weighted by atomic mass is 127. The third-order valence-electron chi connectivity index (χ3n) is 3.66.